The molecule has 144 valence electrons. The van der Waals surface area contributed by atoms with Crippen molar-refractivity contribution in [1.82, 2.24) is 0 Å². The first kappa shape index (κ1) is 19.0. The molecular weight excluding hydrogens is 384 g/mol. The van der Waals surface area contributed by atoms with E-state index in [9.17, 15) is 4.79 Å². The van der Waals surface area contributed by atoms with Crippen LogP contribution in [0.1, 0.15) is 27.0 Å². The van der Waals surface area contributed by atoms with E-state index in [2.05, 4.69) is 0 Å². The van der Waals surface area contributed by atoms with Crippen LogP contribution in [-0.2, 0) is 0 Å². The van der Waals surface area contributed by atoms with Crippen LogP contribution in [0.5, 0.6) is 11.5 Å². The van der Waals surface area contributed by atoms with Crippen molar-refractivity contribution in [3.8, 4) is 11.5 Å². The van der Waals surface area contributed by atoms with Gasteiger partial charge in [0.2, 0.25) is 5.78 Å². The standard InChI is InChI=1S/C25H19ClO3/c1-17-14-20(28-13-7-10-18-8-3-2-4-9-18)16-22-24(17)25(27)23(29-22)15-19-11-5-6-12-21(19)26/h2-12,14-16H,13H2,1H3/b10-7+,23-15-. The predicted octanol–water partition coefficient (Wildman–Crippen LogP) is 6.36. The Balaban J connectivity index is 1.50. The minimum atomic E-state index is -0.145. The number of hydrogen-bond donors (Lipinski definition) is 0. The molecule has 0 aromatic heterocycles. The molecule has 3 aromatic carbocycles. The first-order chi connectivity index (χ1) is 14.1. The molecule has 3 nitrogen and oxygen atoms in total. The number of Topliss-reactive ketones (excluding diaryl/α,β-unsaturated/α-hetero) is 1. The van der Waals surface area contributed by atoms with Gasteiger partial charge in [-0.2, -0.15) is 0 Å². The van der Waals surface area contributed by atoms with Gasteiger partial charge in [-0.25, -0.2) is 0 Å². The van der Waals surface area contributed by atoms with E-state index in [4.69, 9.17) is 21.1 Å². The highest BCUT2D eigenvalue weighted by molar-refractivity contribution is 6.32. The van der Waals surface area contributed by atoms with Gasteiger partial charge in [0.05, 0.1) is 5.56 Å². The number of carbonyl (C=O) groups is 1. The number of allylic oxidation sites excluding steroid dienone is 1. The second-order valence-corrected chi connectivity index (χ2v) is 7.11. The second kappa shape index (κ2) is 8.38. The highest BCUT2D eigenvalue weighted by Crippen LogP contribution is 2.38. The Morgan fingerprint density at radius 2 is 1.79 bits per heavy atom. The topological polar surface area (TPSA) is 35.5 Å². The van der Waals surface area contributed by atoms with Crippen LogP contribution in [0.25, 0.3) is 12.2 Å². The van der Waals surface area contributed by atoms with Crippen molar-refractivity contribution in [2.75, 3.05) is 6.61 Å². The van der Waals surface area contributed by atoms with Gasteiger partial charge in [0.25, 0.3) is 0 Å². The zero-order valence-corrected chi connectivity index (χ0v) is 16.6. The molecule has 0 atom stereocenters. The number of ketones is 1. The number of hydrogen-bond acceptors (Lipinski definition) is 3. The molecule has 3 aromatic rings. The summed E-state index contributed by atoms with van der Waals surface area (Å²) in [6.07, 6.45) is 5.63. The quantitative estimate of drug-likeness (QED) is 0.466. The summed E-state index contributed by atoms with van der Waals surface area (Å²) < 4.78 is 11.7. The van der Waals surface area contributed by atoms with Gasteiger partial charge in [0.1, 0.15) is 18.1 Å². The molecule has 4 heteroatoms. The molecule has 1 aliphatic rings. The maximum Gasteiger partial charge on any atom is 0.232 e. The lowest BCUT2D eigenvalue weighted by molar-refractivity contribution is 0.101. The highest BCUT2D eigenvalue weighted by Gasteiger charge is 2.30. The molecule has 4 rings (SSSR count). The lowest BCUT2D eigenvalue weighted by Gasteiger charge is -2.07. The largest absolute Gasteiger partial charge is 0.489 e. The first-order valence-corrected chi connectivity index (χ1v) is 9.67. The Bertz CT molecular complexity index is 1110. The van der Waals surface area contributed by atoms with Crippen molar-refractivity contribution < 1.29 is 14.3 Å². The van der Waals surface area contributed by atoms with Crippen LogP contribution in [0, 0.1) is 6.92 Å². The maximum absolute atomic E-state index is 12.8. The van der Waals surface area contributed by atoms with Crippen LogP contribution >= 0.6 is 11.6 Å². The smallest absolute Gasteiger partial charge is 0.232 e. The summed E-state index contributed by atoms with van der Waals surface area (Å²) in [5.74, 6) is 1.28. The Hall–Kier alpha value is -3.30. The fourth-order valence-corrected chi connectivity index (χ4v) is 3.38. The second-order valence-electron chi connectivity index (χ2n) is 6.70. The number of ether oxygens (including phenoxy) is 2. The minimum absolute atomic E-state index is 0.145. The lowest BCUT2D eigenvalue weighted by Crippen LogP contribution is -2.00. The molecule has 0 saturated heterocycles. The maximum atomic E-state index is 12.8. The monoisotopic (exact) mass is 402 g/mol. The molecule has 0 N–H and O–H groups in total. The van der Waals surface area contributed by atoms with E-state index in [1.165, 1.54) is 0 Å². The molecule has 0 fully saturated rings. The summed E-state index contributed by atoms with van der Waals surface area (Å²) in [5.41, 5.74) is 3.24. The van der Waals surface area contributed by atoms with Crippen molar-refractivity contribution >= 4 is 29.5 Å². The van der Waals surface area contributed by atoms with Crippen LogP contribution < -0.4 is 9.47 Å². The molecule has 0 radical (unpaired) electrons. The highest BCUT2D eigenvalue weighted by atomic mass is 35.5. The van der Waals surface area contributed by atoms with Gasteiger partial charge in [0, 0.05) is 11.1 Å². The number of fused-ring (bicyclic) bond motifs is 1. The third-order valence-electron chi connectivity index (χ3n) is 4.59. The fraction of sp³-hybridized carbons (Fsp3) is 0.0800. The van der Waals surface area contributed by atoms with E-state index in [-0.39, 0.29) is 11.5 Å². The van der Waals surface area contributed by atoms with Gasteiger partial charge in [-0.1, -0.05) is 66.2 Å². The average molecular weight is 403 g/mol. The van der Waals surface area contributed by atoms with Crippen LogP contribution in [0.2, 0.25) is 5.02 Å². The van der Waals surface area contributed by atoms with E-state index in [1.54, 1.807) is 18.2 Å². The molecule has 0 amide bonds. The summed E-state index contributed by atoms with van der Waals surface area (Å²) >= 11 is 6.20. The molecule has 1 heterocycles. The third-order valence-corrected chi connectivity index (χ3v) is 4.94. The normalized spacial score (nSPS) is 14.3. The molecule has 1 aliphatic heterocycles. The molecule has 0 saturated carbocycles. The van der Waals surface area contributed by atoms with E-state index in [0.717, 1.165) is 16.7 Å². The summed E-state index contributed by atoms with van der Waals surface area (Å²) in [4.78, 5) is 12.8. The number of aryl methyl sites for hydroxylation is 1. The van der Waals surface area contributed by atoms with Crippen LogP contribution in [0.15, 0.2) is 78.6 Å². The number of halogens is 1. The van der Waals surface area contributed by atoms with E-state index in [0.29, 0.717) is 28.7 Å². The van der Waals surface area contributed by atoms with E-state index >= 15 is 0 Å². The average Bonchev–Trinajstić information content (AvgIpc) is 3.03. The van der Waals surface area contributed by atoms with Gasteiger partial charge in [-0.05, 0) is 47.9 Å². The van der Waals surface area contributed by atoms with Gasteiger partial charge >= 0.3 is 0 Å². The zero-order chi connectivity index (χ0) is 20.2. The van der Waals surface area contributed by atoms with Gasteiger partial charge in [0.15, 0.2) is 5.76 Å². The Morgan fingerprint density at radius 1 is 1.03 bits per heavy atom. The molecule has 0 spiro atoms. The van der Waals surface area contributed by atoms with Gasteiger partial charge in [-0.3, -0.25) is 4.79 Å². The zero-order valence-electron chi connectivity index (χ0n) is 15.9. The van der Waals surface area contributed by atoms with Gasteiger partial charge < -0.3 is 9.47 Å². The fourth-order valence-electron chi connectivity index (χ4n) is 3.19. The molecule has 0 aliphatic carbocycles. The third kappa shape index (κ3) is 4.25. The summed E-state index contributed by atoms with van der Waals surface area (Å²) in [6, 6.07) is 21.0. The van der Waals surface area contributed by atoms with Crippen LogP contribution in [-0.4, -0.2) is 12.4 Å². The summed E-state index contributed by atoms with van der Waals surface area (Å²) in [6.45, 7) is 2.30. The number of benzene rings is 3. The molecular formula is C25H19ClO3. The van der Waals surface area contributed by atoms with E-state index < -0.39 is 0 Å². The first-order valence-electron chi connectivity index (χ1n) is 9.29. The van der Waals surface area contributed by atoms with Crippen LogP contribution in [0.3, 0.4) is 0 Å². The van der Waals surface area contributed by atoms with Crippen LogP contribution in [0.4, 0.5) is 0 Å². The number of carbonyl (C=O) groups excluding carboxylic acids is 1. The summed E-state index contributed by atoms with van der Waals surface area (Å²) in [5, 5.41) is 0.568. The van der Waals surface area contributed by atoms with E-state index in [1.807, 2.05) is 73.7 Å². The van der Waals surface area contributed by atoms with Gasteiger partial charge in [-0.15, -0.1) is 0 Å². The Labute approximate surface area is 174 Å². The molecule has 0 bridgehead atoms. The van der Waals surface area contributed by atoms with Crippen molar-refractivity contribution in [3.05, 3.63) is 106 Å². The van der Waals surface area contributed by atoms with Crippen molar-refractivity contribution in [3.63, 3.8) is 0 Å². The molecule has 29 heavy (non-hydrogen) atoms. The SMILES string of the molecule is Cc1cc(OC/C=C/c2ccccc2)cc2c1C(=O)/C(=C/c1ccccc1Cl)O2. The van der Waals surface area contributed by atoms with Crippen molar-refractivity contribution in [2.45, 2.75) is 6.92 Å². The molecule has 0 unspecified atom stereocenters. The van der Waals surface area contributed by atoms with Crippen molar-refractivity contribution in [2.24, 2.45) is 0 Å². The summed E-state index contributed by atoms with van der Waals surface area (Å²) in [7, 11) is 0. The lowest BCUT2D eigenvalue weighted by atomic mass is 10.0. The Kier molecular flexibility index (Phi) is 5.50. The predicted molar refractivity (Wildman–Crippen MR) is 117 cm³/mol. The number of rotatable bonds is 5. The minimum Gasteiger partial charge on any atom is -0.489 e. The Morgan fingerprint density at radius 3 is 2.59 bits per heavy atom. The van der Waals surface area contributed by atoms with Crippen molar-refractivity contribution in [1.29, 1.82) is 0 Å².